The SMILES string of the molecule is CC1(C)SC[C@@H](c2cc(F)cc(F)c2)N(CC(=O)Nc2ccc3c(c2)C[C@@]2(C3)C(=O)Nc3ncccc32)C1=O. The number of nitrogens with zero attached hydrogens (tertiary/aromatic N) is 2. The van der Waals surface area contributed by atoms with E-state index in [-0.39, 0.29) is 18.4 Å². The van der Waals surface area contributed by atoms with Crippen molar-refractivity contribution in [3.05, 3.63) is 88.6 Å². The number of halogens is 2. The fourth-order valence-corrected chi connectivity index (χ4v) is 7.04. The molecule has 1 spiro atoms. The largest absolute Gasteiger partial charge is 0.325 e. The number of carbonyl (C=O) groups excluding carboxylic acids is 3. The zero-order valence-corrected chi connectivity index (χ0v) is 22.2. The van der Waals surface area contributed by atoms with E-state index in [0.717, 1.165) is 22.8 Å². The van der Waals surface area contributed by atoms with Crippen LogP contribution in [0.1, 0.15) is 42.1 Å². The van der Waals surface area contributed by atoms with Gasteiger partial charge < -0.3 is 15.5 Å². The lowest BCUT2D eigenvalue weighted by Gasteiger charge is -2.42. The molecule has 0 bridgehead atoms. The maximum absolute atomic E-state index is 14.0. The van der Waals surface area contributed by atoms with Crippen LogP contribution in [0.4, 0.5) is 20.3 Å². The Morgan fingerprint density at radius 1 is 1.10 bits per heavy atom. The molecule has 3 aromatic rings. The first kappa shape index (κ1) is 25.5. The number of hydrogen-bond acceptors (Lipinski definition) is 5. The van der Waals surface area contributed by atoms with Crippen LogP contribution >= 0.6 is 11.8 Å². The summed E-state index contributed by atoms with van der Waals surface area (Å²) in [7, 11) is 0. The second kappa shape index (κ2) is 9.15. The third kappa shape index (κ3) is 4.36. The van der Waals surface area contributed by atoms with E-state index < -0.39 is 33.7 Å². The van der Waals surface area contributed by atoms with Crippen LogP contribution in [-0.4, -0.2) is 44.7 Å². The predicted octanol–water partition coefficient (Wildman–Crippen LogP) is 4.38. The third-order valence-corrected chi connectivity index (χ3v) is 9.18. The lowest BCUT2D eigenvalue weighted by atomic mass is 9.79. The minimum atomic E-state index is -0.780. The quantitative estimate of drug-likeness (QED) is 0.505. The molecule has 7 nitrogen and oxygen atoms in total. The van der Waals surface area contributed by atoms with Crippen molar-refractivity contribution >= 4 is 41.0 Å². The Labute approximate surface area is 228 Å². The molecule has 1 aromatic heterocycles. The molecule has 0 saturated carbocycles. The highest BCUT2D eigenvalue weighted by molar-refractivity contribution is 8.01. The lowest BCUT2D eigenvalue weighted by Crippen LogP contribution is -2.52. The van der Waals surface area contributed by atoms with Crippen LogP contribution in [0.2, 0.25) is 0 Å². The van der Waals surface area contributed by atoms with Gasteiger partial charge in [0.1, 0.15) is 24.0 Å². The van der Waals surface area contributed by atoms with E-state index >= 15 is 0 Å². The summed E-state index contributed by atoms with van der Waals surface area (Å²) in [4.78, 5) is 45.2. The van der Waals surface area contributed by atoms with Crippen LogP contribution in [0.5, 0.6) is 0 Å². The molecule has 3 aliphatic rings. The van der Waals surface area contributed by atoms with E-state index in [0.29, 0.717) is 35.7 Å². The Balaban J connectivity index is 1.22. The van der Waals surface area contributed by atoms with Gasteiger partial charge >= 0.3 is 0 Å². The topological polar surface area (TPSA) is 91.4 Å². The first-order valence-electron chi connectivity index (χ1n) is 12.7. The maximum Gasteiger partial charge on any atom is 0.244 e. The first-order chi connectivity index (χ1) is 18.6. The Kier molecular flexibility index (Phi) is 5.98. The second-order valence-electron chi connectivity index (χ2n) is 10.8. The van der Waals surface area contributed by atoms with E-state index in [1.165, 1.54) is 28.8 Å². The van der Waals surface area contributed by atoms with Gasteiger partial charge in [0.15, 0.2) is 0 Å². The summed E-state index contributed by atoms with van der Waals surface area (Å²) >= 11 is 1.39. The van der Waals surface area contributed by atoms with Crippen molar-refractivity contribution in [3.8, 4) is 0 Å². The number of carbonyl (C=O) groups is 3. The number of anilines is 2. The van der Waals surface area contributed by atoms with Crippen LogP contribution in [0.15, 0.2) is 54.7 Å². The fraction of sp³-hybridized carbons (Fsp3) is 0.310. The normalized spacial score (nSPS) is 23.0. The zero-order chi connectivity index (χ0) is 27.5. The molecule has 1 fully saturated rings. The molecule has 0 radical (unpaired) electrons. The summed E-state index contributed by atoms with van der Waals surface area (Å²) in [6, 6.07) is 11.8. The minimum absolute atomic E-state index is 0.0816. The monoisotopic (exact) mass is 548 g/mol. The van der Waals surface area contributed by atoms with Crippen molar-refractivity contribution in [2.24, 2.45) is 0 Å². The summed E-state index contributed by atoms with van der Waals surface area (Å²) in [5.41, 5.74) is 3.00. The summed E-state index contributed by atoms with van der Waals surface area (Å²) in [5, 5.41) is 5.76. The molecule has 1 aliphatic carbocycles. The number of aromatic nitrogens is 1. The van der Waals surface area contributed by atoms with Gasteiger partial charge in [0, 0.05) is 29.3 Å². The third-order valence-electron chi connectivity index (χ3n) is 7.80. The van der Waals surface area contributed by atoms with Gasteiger partial charge in [-0.1, -0.05) is 12.1 Å². The number of amides is 3. The van der Waals surface area contributed by atoms with Gasteiger partial charge in [-0.25, -0.2) is 13.8 Å². The molecule has 2 atom stereocenters. The van der Waals surface area contributed by atoms with E-state index in [4.69, 9.17) is 0 Å². The molecule has 1 saturated heterocycles. The van der Waals surface area contributed by atoms with E-state index in [9.17, 15) is 23.2 Å². The summed E-state index contributed by atoms with van der Waals surface area (Å²) in [5.74, 6) is -1.27. The highest BCUT2D eigenvalue weighted by atomic mass is 32.2. The number of pyridine rings is 1. The number of nitrogens with one attached hydrogen (secondary N) is 2. The molecule has 2 N–H and O–H groups in total. The molecule has 3 heterocycles. The van der Waals surface area contributed by atoms with Gasteiger partial charge in [-0.05, 0) is 73.7 Å². The van der Waals surface area contributed by atoms with Gasteiger partial charge in [0.25, 0.3) is 0 Å². The van der Waals surface area contributed by atoms with Gasteiger partial charge in [0.05, 0.1) is 16.2 Å². The Morgan fingerprint density at radius 2 is 1.85 bits per heavy atom. The molecular formula is C29H26F2N4O3S. The van der Waals surface area contributed by atoms with E-state index in [1.54, 1.807) is 26.1 Å². The molecule has 200 valence electrons. The number of thioether (sulfide) groups is 1. The molecular weight excluding hydrogens is 522 g/mol. The average molecular weight is 549 g/mol. The van der Waals surface area contributed by atoms with Crippen LogP contribution in [0.25, 0.3) is 0 Å². The van der Waals surface area contributed by atoms with Crippen molar-refractivity contribution < 1.29 is 23.2 Å². The van der Waals surface area contributed by atoms with Gasteiger partial charge in [-0.2, -0.15) is 0 Å². The number of benzene rings is 2. The molecule has 0 unspecified atom stereocenters. The summed E-state index contributed by atoms with van der Waals surface area (Å²) in [6.45, 7) is 3.28. The standard InChI is InChI=1S/C29H26F2N4O3S/c1-28(2)27(38)35(23(15-39-28)17-8-19(30)11-20(31)9-17)14-24(36)33-21-6-5-16-12-29(13-18(16)10-21)22-4-3-7-32-25(22)34-26(29)37/h3-11,23H,12-15H2,1-2H3,(H,33,36)(H,32,34,37)/t23-,29+/m0/s1. The summed E-state index contributed by atoms with van der Waals surface area (Å²) < 4.78 is 27.2. The van der Waals surface area contributed by atoms with Crippen molar-refractivity contribution in [2.75, 3.05) is 22.9 Å². The van der Waals surface area contributed by atoms with Crippen molar-refractivity contribution in [3.63, 3.8) is 0 Å². The zero-order valence-electron chi connectivity index (χ0n) is 21.4. The highest BCUT2D eigenvalue weighted by Crippen LogP contribution is 2.47. The van der Waals surface area contributed by atoms with Gasteiger partial charge in [0.2, 0.25) is 17.7 Å². The van der Waals surface area contributed by atoms with E-state index in [1.807, 2.05) is 24.3 Å². The van der Waals surface area contributed by atoms with Crippen molar-refractivity contribution in [1.29, 1.82) is 0 Å². The Bertz CT molecular complexity index is 1520. The first-order valence-corrected chi connectivity index (χ1v) is 13.6. The minimum Gasteiger partial charge on any atom is -0.325 e. The van der Waals surface area contributed by atoms with Crippen molar-refractivity contribution in [1.82, 2.24) is 9.88 Å². The van der Waals surface area contributed by atoms with Crippen LogP contribution in [0, 0.1) is 11.6 Å². The van der Waals surface area contributed by atoms with Crippen LogP contribution in [0.3, 0.4) is 0 Å². The predicted molar refractivity (Wildman–Crippen MR) is 144 cm³/mol. The maximum atomic E-state index is 14.0. The molecule has 3 amide bonds. The smallest absolute Gasteiger partial charge is 0.244 e. The molecule has 10 heteroatoms. The second-order valence-corrected chi connectivity index (χ2v) is 12.4. The molecule has 2 aromatic carbocycles. The number of fused-ring (bicyclic) bond motifs is 3. The molecule has 39 heavy (non-hydrogen) atoms. The molecule has 2 aliphatic heterocycles. The Hall–Kier alpha value is -3.79. The molecule has 6 rings (SSSR count). The van der Waals surface area contributed by atoms with Gasteiger partial charge in [-0.15, -0.1) is 11.8 Å². The number of hydrogen-bond donors (Lipinski definition) is 2. The van der Waals surface area contributed by atoms with Crippen LogP contribution < -0.4 is 10.6 Å². The van der Waals surface area contributed by atoms with E-state index in [2.05, 4.69) is 15.6 Å². The average Bonchev–Trinajstić information content (AvgIpc) is 3.38. The number of rotatable bonds is 4. The van der Waals surface area contributed by atoms with Gasteiger partial charge in [-0.3, -0.25) is 14.4 Å². The highest BCUT2D eigenvalue weighted by Gasteiger charge is 2.51. The fourth-order valence-electron chi connectivity index (χ4n) is 5.85. The lowest BCUT2D eigenvalue weighted by molar-refractivity contribution is -0.139. The van der Waals surface area contributed by atoms with Crippen LogP contribution in [-0.2, 0) is 32.6 Å². The summed E-state index contributed by atoms with van der Waals surface area (Å²) in [6.07, 6.45) is 2.68. The van der Waals surface area contributed by atoms with Crippen molar-refractivity contribution in [2.45, 2.75) is 42.9 Å². The Morgan fingerprint density at radius 3 is 2.62 bits per heavy atom.